The fourth-order valence-electron chi connectivity index (χ4n) is 2.45. The number of hydrogen-bond acceptors (Lipinski definition) is 2. The first kappa shape index (κ1) is 12.5. The largest absolute Gasteiger partial charge is 0.381 e. The summed E-state index contributed by atoms with van der Waals surface area (Å²) < 4.78 is 19.8. The first-order valence-electron chi connectivity index (χ1n) is 6.32. The van der Waals surface area contributed by atoms with Crippen LogP contribution in [0.4, 0.5) is 4.39 Å². The summed E-state index contributed by atoms with van der Waals surface area (Å²) in [5.41, 5.74) is 7.44. The van der Waals surface area contributed by atoms with Crippen molar-refractivity contribution in [3.63, 3.8) is 0 Å². The van der Waals surface area contributed by atoms with Crippen molar-refractivity contribution in [1.82, 2.24) is 0 Å². The lowest BCUT2D eigenvalue weighted by molar-refractivity contribution is 0.0363. The fraction of sp³-hybridized carbons (Fsp3) is 0.571. The Kier molecular flexibility index (Phi) is 4.51. The SMILES string of the molecule is NCCc1ccccc1C(F)C1CCOCC1. The number of halogens is 1. The molecule has 0 aromatic heterocycles. The Morgan fingerprint density at radius 1 is 1.29 bits per heavy atom. The molecule has 0 saturated carbocycles. The summed E-state index contributed by atoms with van der Waals surface area (Å²) in [6.45, 7) is 1.94. The Balaban J connectivity index is 2.14. The molecule has 0 amide bonds. The lowest BCUT2D eigenvalue weighted by Crippen LogP contribution is -2.21. The van der Waals surface area contributed by atoms with E-state index >= 15 is 0 Å². The van der Waals surface area contributed by atoms with Gasteiger partial charge < -0.3 is 10.5 Å². The van der Waals surface area contributed by atoms with Crippen molar-refractivity contribution in [2.45, 2.75) is 25.4 Å². The van der Waals surface area contributed by atoms with Gasteiger partial charge in [0.2, 0.25) is 0 Å². The van der Waals surface area contributed by atoms with E-state index < -0.39 is 6.17 Å². The predicted octanol–water partition coefficient (Wildman–Crippen LogP) is 2.63. The highest BCUT2D eigenvalue weighted by Crippen LogP contribution is 2.34. The lowest BCUT2D eigenvalue weighted by Gasteiger charge is -2.26. The fourth-order valence-corrected chi connectivity index (χ4v) is 2.45. The molecular weight excluding hydrogens is 217 g/mol. The van der Waals surface area contributed by atoms with Gasteiger partial charge >= 0.3 is 0 Å². The minimum absolute atomic E-state index is 0.0997. The van der Waals surface area contributed by atoms with Gasteiger partial charge in [0.25, 0.3) is 0 Å². The maximum Gasteiger partial charge on any atom is 0.128 e. The molecule has 0 aliphatic carbocycles. The van der Waals surface area contributed by atoms with Crippen molar-refractivity contribution in [2.24, 2.45) is 11.7 Å². The molecule has 2 nitrogen and oxygen atoms in total. The topological polar surface area (TPSA) is 35.2 Å². The number of nitrogens with two attached hydrogens (primary N) is 1. The molecule has 0 radical (unpaired) electrons. The second-order valence-electron chi connectivity index (χ2n) is 4.59. The average molecular weight is 237 g/mol. The Hall–Kier alpha value is -0.930. The third-order valence-electron chi connectivity index (χ3n) is 3.45. The number of rotatable bonds is 4. The third-order valence-corrected chi connectivity index (χ3v) is 3.45. The van der Waals surface area contributed by atoms with E-state index in [0.29, 0.717) is 19.8 Å². The summed E-state index contributed by atoms with van der Waals surface area (Å²) in [5, 5.41) is 0. The minimum atomic E-state index is -0.873. The van der Waals surface area contributed by atoms with E-state index in [1.165, 1.54) is 0 Å². The van der Waals surface area contributed by atoms with Crippen molar-refractivity contribution in [1.29, 1.82) is 0 Å². The van der Waals surface area contributed by atoms with Crippen LogP contribution in [0.3, 0.4) is 0 Å². The minimum Gasteiger partial charge on any atom is -0.381 e. The maximum absolute atomic E-state index is 14.5. The van der Waals surface area contributed by atoms with E-state index in [2.05, 4.69) is 0 Å². The first-order chi connectivity index (χ1) is 8.33. The molecule has 3 heteroatoms. The molecule has 1 aliphatic rings. The Bertz CT molecular complexity index is 350. The van der Waals surface area contributed by atoms with Crippen LogP contribution in [-0.4, -0.2) is 19.8 Å². The van der Waals surface area contributed by atoms with Gasteiger partial charge in [-0.3, -0.25) is 0 Å². The van der Waals surface area contributed by atoms with Gasteiger partial charge in [-0.2, -0.15) is 0 Å². The molecule has 2 N–H and O–H groups in total. The molecule has 1 aromatic carbocycles. The quantitative estimate of drug-likeness (QED) is 0.873. The highest BCUT2D eigenvalue weighted by Gasteiger charge is 2.26. The van der Waals surface area contributed by atoms with E-state index in [0.717, 1.165) is 30.4 Å². The number of ether oxygens (including phenoxy) is 1. The van der Waals surface area contributed by atoms with E-state index in [1.807, 2.05) is 24.3 Å². The van der Waals surface area contributed by atoms with E-state index in [9.17, 15) is 4.39 Å². The summed E-state index contributed by atoms with van der Waals surface area (Å²) in [6.07, 6.45) is 1.51. The van der Waals surface area contributed by atoms with Crippen LogP contribution < -0.4 is 5.73 Å². The second-order valence-corrected chi connectivity index (χ2v) is 4.59. The maximum atomic E-state index is 14.5. The zero-order valence-electron chi connectivity index (χ0n) is 10.1. The van der Waals surface area contributed by atoms with Gasteiger partial charge in [-0.15, -0.1) is 0 Å². The van der Waals surface area contributed by atoms with Crippen LogP contribution in [-0.2, 0) is 11.2 Å². The average Bonchev–Trinajstić information content (AvgIpc) is 2.40. The molecule has 1 unspecified atom stereocenters. The number of alkyl halides is 1. The van der Waals surface area contributed by atoms with Gasteiger partial charge in [0, 0.05) is 13.2 Å². The molecule has 0 spiro atoms. The van der Waals surface area contributed by atoms with Crippen molar-refractivity contribution in [3.8, 4) is 0 Å². The van der Waals surface area contributed by atoms with Crippen LogP contribution in [0.5, 0.6) is 0 Å². The van der Waals surface area contributed by atoms with Crippen molar-refractivity contribution < 1.29 is 9.13 Å². The second kappa shape index (κ2) is 6.12. The zero-order chi connectivity index (χ0) is 12.1. The van der Waals surface area contributed by atoms with Crippen LogP contribution in [0.15, 0.2) is 24.3 Å². The standard InChI is InChI=1S/C14H20FNO/c15-14(12-6-9-17-10-7-12)13-4-2-1-3-11(13)5-8-16/h1-4,12,14H,5-10,16H2. The highest BCUT2D eigenvalue weighted by molar-refractivity contribution is 5.30. The predicted molar refractivity (Wildman–Crippen MR) is 66.6 cm³/mol. The molecule has 0 bridgehead atoms. The van der Waals surface area contributed by atoms with E-state index in [4.69, 9.17) is 10.5 Å². The summed E-state index contributed by atoms with van der Waals surface area (Å²) in [5.74, 6) is 0.0997. The van der Waals surface area contributed by atoms with Crippen LogP contribution >= 0.6 is 0 Å². The van der Waals surface area contributed by atoms with Crippen LogP contribution in [0.1, 0.15) is 30.1 Å². The van der Waals surface area contributed by atoms with E-state index in [1.54, 1.807) is 0 Å². The summed E-state index contributed by atoms with van der Waals surface area (Å²) >= 11 is 0. The van der Waals surface area contributed by atoms with Gasteiger partial charge in [-0.1, -0.05) is 24.3 Å². The molecule has 17 heavy (non-hydrogen) atoms. The molecule has 1 heterocycles. The monoisotopic (exact) mass is 237 g/mol. The van der Waals surface area contributed by atoms with Gasteiger partial charge in [0.15, 0.2) is 0 Å². The Morgan fingerprint density at radius 3 is 2.71 bits per heavy atom. The molecule has 1 aliphatic heterocycles. The summed E-state index contributed by atoms with van der Waals surface area (Å²) in [7, 11) is 0. The van der Waals surface area contributed by atoms with Crippen LogP contribution in [0.25, 0.3) is 0 Å². The van der Waals surface area contributed by atoms with Gasteiger partial charge in [0.1, 0.15) is 6.17 Å². The van der Waals surface area contributed by atoms with Gasteiger partial charge in [0.05, 0.1) is 0 Å². The Labute approximate surface area is 102 Å². The zero-order valence-corrected chi connectivity index (χ0v) is 10.1. The van der Waals surface area contributed by atoms with Crippen molar-refractivity contribution in [3.05, 3.63) is 35.4 Å². The highest BCUT2D eigenvalue weighted by atomic mass is 19.1. The van der Waals surface area contributed by atoms with Crippen LogP contribution in [0.2, 0.25) is 0 Å². The number of benzene rings is 1. The molecule has 1 saturated heterocycles. The van der Waals surface area contributed by atoms with Gasteiger partial charge in [-0.25, -0.2) is 4.39 Å². The first-order valence-corrected chi connectivity index (χ1v) is 6.32. The molecule has 94 valence electrons. The molecule has 1 aromatic rings. The third kappa shape index (κ3) is 3.05. The number of hydrogen-bond donors (Lipinski definition) is 1. The molecular formula is C14H20FNO. The summed E-state index contributed by atoms with van der Waals surface area (Å²) in [4.78, 5) is 0. The van der Waals surface area contributed by atoms with Gasteiger partial charge in [-0.05, 0) is 42.9 Å². The van der Waals surface area contributed by atoms with Crippen molar-refractivity contribution >= 4 is 0 Å². The molecule has 2 rings (SSSR count). The summed E-state index contributed by atoms with van der Waals surface area (Å²) in [6, 6.07) is 7.73. The van der Waals surface area contributed by atoms with Crippen molar-refractivity contribution in [2.75, 3.05) is 19.8 Å². The molecule has 1 atom stereocenters. The van der Waals surface area contributed by atoms with E-state index in [-0.39, 0.29) is 5.92 Å². The normalized spacial score (nSPS) is 19.2. The molecule has 1 fully saturated rings. The smallest absolute Gasteiger partial charge is 0.128 e. The Morgan fingerprint density at radius 2 is 2.00 bits per heavy atom. The lowest BCUT2D eigenvalue weighted by atomic mass is 9.87. The van der Waals surface area contributed by atoms with Crippen LogP contribution in [0, 0.1) is 5.92 Å².